The molecule has 0 saturated heterocycles. The average molecular weight is 213 g/mol. The molecule has 1 aromatic rings. The van der Waals surface area contributed by atoms with Gasteiger partial charge < -0.3 is 11.1 Å². The molecule has 3 N–H and O–H groups in total. The second-order valence-electron chi connectivity index (χ2n) is 3.61. The summed E-state index contributed by atoms with van der Waals surface area (Å²) >= 11 is 1.74. The van der Waals surface area contributed by atoms with Crippen molar-refractivity contribution in [1.29, 1.82) is 0 Å². The number of thiazole rings is 1. The minimum Gasteiger partial charge on any atom is -0.327 e. The normalized spacial score (nSPS) is 15.4. The number of nitrogens with one attached hydrogen (secondary N) is 1. The Morgan fingerprint density at radius 3 is 2.86 bits per heavy atom. The first-order valence-corrected chi connectivity index (χ1v) is 5.86. The van der Waals surface area contributed by atoms with Crippen LogP contribution in [0.4, 0.5) is 0 Å². The first kappa shape index (κ1) is 11.6. The van der Waals surface area contributed by atoms with Crippen molar-refractivity contribution in [3.63, 3.8) is 0 Å². The molecule has 4 heteroatoms. The molecule has 0 spiro atoms. The Bertz CT molecular complexity index is 272. The van der Waals surface area contributed by atoms with Crippen LogP contribution in [0.5, 0.6) is 0 Å². The van der Waals surface area contributed by atoms with Gasteiger partial charge in [0.2, 0.25) is 0 Å². The van der Waals surface area contributed by atoms with E-state index >= 15 is 0 Å². The third-order valence-corrected chi connectivity index (χ3v) is 3.32. The first-order chi connectivity index (χ1) is 6.63. The molecular formula is C10H19N3S. The first-order valence-electron chi connectivity index (χ1n) is 5.04. The topological polar surface area (TPSA) is 50.9 Å². The molecular weight excluding hydrogens is 194 g/mol. The maximum Gasteiger partial charge on any atom is 0.109 e. The fraction of sp³-hybridized carbons (Fsp3) is 0.700. The number of hydrogen-bond donors (Lipinski definition) is 2. The summed E-state index contributed by atoms with van der Waals surface area (Å²) in [6.45, 7) is 7.16. The molecule has 0 aliphatic carbocycles. The fourth-order valence-electron chi connectivity index (χ4n) is 1.13. The van der Waals surface area contributed by atoms with Crippen LogP contribution in [0.15, 0.2) is 6.20 Å². The number of rotatable bonds is 5. The van der Waals surface area contributed by atoms with Crippen LogP contribution in [0, 0.1) is 6.92 Å². The molecule has 80 valence electrons. The quantitative estimate of drug-likeness (QED) is 0.784. The highest BCUT2D eigenvalue weighted by Crippen LogP contribution is 2.18. The van der Waals surface area contributed by atoms with Crippen LogP contribution < -0.4 is 11.1 Å². The van der Waals surface area contributed by atoms with E-state index in [4.69, 9.17) is 5.73 Å². The summed E-state index contributed by atoms with van der Waals surface area (Å²) in [4.78, 5) is 5.59. The van der Waals surface area contributed by atoms with E-state index in [1.54, 1.807) is 11.3 Å². The minimum atomic E-state index is 0.249. The minimum absolute atomic E-state index is 0.249. The van der Waals surface area contributed by atoms with Gasteiger partial charge in [-0.15, -0.1) is 11.3 Å². The van der Waals surface area contributed by atoms with E-state index < -0.39 is 0 Å². The summed E-state index contributed by atoms with van der Waals surface area (Å²) < 4.78 is 0. The molecule has 0 fully saturated rings. The van der Waals surface area contributed by atoms with E-state index in [0.29, 0.717) is 6.04 Å². The molecule has 2 atom stereocenters. The lowest BCUT2D eigenvalue weighted by Gasteiger charge is -2.14. The molecule has 2 unspecified atom stereocenters. The molecule has 0 aliphatic heterocycles. The lowest BCUT2D eigenvalue weighted by atomic mass is 10.2. The maximum atomic E-state index is 5.83. The SMILES string of the molecule is CCC(N)CNC(C)c1ncc(C)s1. The molecule has 0 radical (unpaired) electrons. The molecule has 0 amide bonds. The molecule has 1 heterocycles. The van der Waals surface area contributed by atoms with E-state index in [1.165, 1.54) is 4.88 Å². The average Bonchev–Trinajstić information content (AvgIpc) is 2.60. The van der Waals surface area contributed by atoms with Gasteiger partial charge in [0.15, 0.2) is 0 Å². The molecule has 0 saturated carbocycles. The number of nitrogens with two attached hydrogens (primary N) is 1. The van der Waals surface area contributed by atoms with Crippen molar-refractivity contribution in [2.24, 2.45) is 5.73 Å². The van der Waals surface area contributed by atoms with Crippen LogP contribution in [0.2, 0.25) is 0 Å². The molecule has 1 rings (SSSR count). The van der Waals surface area contributed by atoms with Crippen LogP contribution in [0.25, 0.3) is 0 Å². The lowest BCUT2D eigenvalue weighted by molar-refractivity contribution is 0.507. The van der Waals surface area contributed by atoms with Crippen LogP contribution in [-0.4, -0.2) is 17.6 Å². The Kier molecular flexibility index (Phi) is 4.51. The van der Waals surface area contributed by atoms with Gasteiger partial charge >= 0.3 is 0 Å². The largest absolute Gasteiger partial charge is 0.327 e. The molecule has 14 heavy (non-hydrogen) atoms. The van der Waals surface area contributed by atoms with Crippen LogP contribution in [0.3, 0.4) is 0 Å². The Morgan fingerprint density at radius 2 is 2.36 bits per heavy atom. The van der Waals surface area contributed by atoms with Crippen molar-refractivity contribution in [3.8, 4) is 0 Å². The molecule has 0 aromatic carbocycles. The smallest absolute Gasteiger partial charge is 0.109 e. The predicted octanol–water partition coefficient (Wildman–Crippen LogP) is 1.84. The number of aromatic nitrogens is 1. The molecule has 1 aromatic heterocycles. The molecule has 0 aliphatic rings. The van der Waals surface area contributed by atoms with Crippen molar-refractivity contribution < 1.29 is 0 Å². The lowest BCUT2D eigenvalue weighted by Crippen LogP contribution is -2.34. The van der Waals surface area contributed by atoms with Crippen molar-refractivity contribution in [2.75, 3.05) is 6.54 Å². The van der Waals surface area contributed by atoms with Crippen molar-refractivity contribution in [1.82, 2.24) is 10.3 Å². The summed E-state index contributed by atoms with van der Waals surface area (Å²) in [6, 6.07) is 0.560. The van der Waals surface area contributed by atoms with Crippen LogP contribution in [0.1, 0.15) is 36.2 Å². The van der Waals surface area contributed by atoms with E-state index in [0.717, 1.165) is 18.0 Å². The van der Waals surface area contributed by atoms with Gasteiger partial charge in [-0.1, -0.05) is 6.92 Å². The van der Waals surface area contributed by atoms with E-state index in [1.807, 2.05) is 6.20 Å². The Morgan fingerprint density at radius 1 is 1.64 bits per heavy atom. The maximum absolute atomic E-state index is 5.83. The van der Waals surface area contributed by atoms with Crippen molar-refractivity contribution in [3.05, 3.63) is 16.1 Å². The van der Waals surface area contributed by atoms with Gasteiger partial charge in [0.05, 0.1) is 6.04 Å². The summed E-state index contributed by atoms with van der Waals surface area (Å²) in [5.41, 5.74) is 5.83. The van der Waals surface area contributed by atoms with Gasteiger partial charge in [0.25, 0.3) is 0 Å². The zero-order valence-corrected chi connectivity index (χ0v) is 9.90. The highest BCUT2D eigenvalue weighted by atomic mass is 32.1. The van der Waals surface area contributed by atoms with E-state index in [-0.39, 0.29) is 6.04 Å². The Balaban J connectivity index is 2.39. The standard InChI is InChI=1S/C10H19N3S/c1-4-9(11)6-12-8(3)10-13-5-7(2)14-10/h5,8-9,12H,4,6,11H2,1-3H3. The van der Waals surface area contributed by atoms with Gasteiger partial charge in [-0.3, -0.25) is 0 Å². The van der Waals surface area contributed by atoms with Crippen LogP contribution in [-0.2, 0) is 0 Å². The van der Waals surface area contributed by atoms with E-state index in [2.05, 4.69) is 31.1 Å². The summed E-state index contributed by atoms with van der Waals surface area (Å²) in [6.07, 6.45) is 2.93. The Labute approximate surface area is 89.7 Å². The molecule has 0 bridgehead atoms. The molecule has 3 nitrogen and oxygen atoms in total. The van der Waals surface area contributed by atoms with Gasteiger partial charge in [-0.05, 0) is 20.3 Å². The van der Waals surface area contributed by atoms with E-state index in [9.17, 15) is 0 Å². The van der Waals surface area contributed by atoms with Crippen LogP contribution >= 0.6 is 11.3 Å². The van der Waals surface area contributed by atoms with Gasteiger partial charge in [0, 0.05) is 23.7 Å². The monoisotopic (exact) mass is 213 g/mol. The number of hydrogen-bond acceptors (Lipinski definition) is 4. The summed E-state index contributed by atoms with van der Waals surface area (Å²) in [5, 5.41) is 4.53. The highest BCUT2D eigenvalue weighted by molar-refractivity contribution is 7.11. The zero-order chi connectivity index (χ0) is 10.6. The fourth-order valence-corrected chi connectivity index (χ4v) is 1.93. The second-order valence-corrected chi connectivity index (χ2v) is 4.87. The highest BCUT2D eigenvalue weighted by Gasteiger charge is 2.09. The van der Waals surface area contributed by atoms with Gasteiger partial charge in [0.1, 0.15) is 5.01 Å². The van der Waals surface area contributed by atoms with Crippen molar-refractivity contribution in [2.45, 2.75) is 39.3 Å². The van der Waals surface area contributed by atoms with Crippen molar-refractivity contribution >= 4 is 11.3 Å². The number of aryl methyl sites for hydroxylation is 1. The predicted molar refractivity (Wildman–Crippen MR) is 61.5 cm³/mol. The Hall–Kier alpha value is -0.450. The second kappa shape index (κ2) is 5.44. The third kappa shape index (κ3) is 3.36. The van der Waals surface area contributed by atoms with Gasteiger partial charge in [-0.25, -0.2) is 4.98 Å². The summed E-state index contributed by atoms with van der Waals surface area (Å²) in [7, 11) is 0. The third-order valence-electron chi connectivity index (χ3n) is 2.22. The summed E-state index contributed by atoms with van der Waals surface area (Å²) in [5.74, 6) is 0. The zero-order valence-electron chi connectivity index (χ0n) is 9.08. The number of nitrogens with zero attached hydrogens (tertiary/aromatic N) is 1. The van der Waals surface area contributed by atoms with Gasteiger partial charge in [-0.2, -0.15) is 0 Å².